The summed E-state index contributed by atoms with van der Waals surface area (Å²) in [5, 5.41) is 3.22. The number of methoxy groups -OCH3 is 2. The van der Waals surface area contributed by atoms with Crippen LogP contribution in [0, 0.1) is 0 Å². The second-order valence-electron chi connectivity index (χ2n) is 7.43. The minimum atomic E-state index is 0.521. The molecule has 2 aromatic rings. The first-order valence-corrected chi connectivity index (χ1v) is 11.6. The molecule has 0 amide bonds. The summed E-state index contributed by atoms with van der Waals surface area (Å²) in [5.41, 5.74) is 3.49. The van der Waals surface area contributed by atoms with Crippen LogP contribution in [0.25, 0.3) is 0 Å². The van der Waals surface area contributed by atoms with Gasteiger partial charge in [-0.1, -0.05) is 26.8 Å². The molecule has 1 aliphatic rings. The molecule has 31 heavy (non-hydrogen) atoms. The second kappa shape index (κ2) is 13.2. The molecule has 6 nitrogen and oxygen atoms in total. The van der Waals surface area contributed by atoms with Crippen molar-refractivity contribution in [2.75, 3.05) is 34.4 Å². The van der Waals surface area contributed by atoms with E-state index in [1.54, 1.807) is 14.2 Å². The fraction of sp³-hybridized carbons (Fsp3) is 0.600. The third kappa shape index (κ3) is 7.10. The lowest BCUT2D eigenvalue weighted by Crippen LogP contribution is -2.16. The summed E-state index contributed by atoms with van der Waals surface area (Å²) in [5.74, 6) is 3.78. The van der Waals surface area contributed by atoms with Crippen molar-refractivity contribution in [2.24, 2.45) is 0 Å². The largest absolute Gasteiger partial charge is 0.493 e. The lowest BCUT2D eigenvalue weighted by Gasteiger charge is -2.15. The van der Waals surface area contributed by atoms with Gasteiger partial charge in [-0.2, -0.15) is 4.98 Å². The van der Waals surface area contributed by atoms with Crippen LogP contribution in [0.1, 0.15) is 68.6 Å². The van der Waals surface area contributed by atoms with Crippen LogP contribution in [0.5, 0.6) is 17.4 Å². The van der Waals surface area contributed by atoms with Crippen LogP contribution >= 0.6 is 0 Å². The molecule has 0 radical (unpaired) electrons. The standard InChI is InChI=1S/C23H33N3O3.C2H6/c1-5-19-18(12-13-24-2)23(26-22(25-19)17-9-10-17)29-14-6-7-16-8-11-20(27-3)21(15-16)28-4;1-2/h8,11,15,17,24H,5-7,9-10,12-14H2,1-4H3;1-2H3. The van der Waals surface area contributed by atoms with Crippen molar-refractivity contribution < 1.29 is 14.2 Å². The Bertz CT molecular complexity index is 807. The SMILES string of the molecule is CC.CCc1nc(C2CC2)nc(OCCCc2ccc(OC)c(OC)c2)c1CCNC. The van der Waals surface area contributed by atoms with Gasteiger partial charge in [-0.3, -0.25) is 0 Å². The van der Waals surface area contributed by atoms with Crippen LogP contribution in [0.2, 0.25) is 0 Å². The number of hydrogen-bond acceptors (Lipinski definition) is 6. The highest BCUT2D eigenvalue weighted by Gasteiger charge is 2.28. The van der Waals surface area contributed by atoms with E-state index in [2.05, 4.69) is 18.3 Å². The minimum Gasteiger partial charge on any atom is -0.493 e. The molecule has 1 N–H and O–H groups in total. The molecule has 1 aliphatic carbocycles. The van der Waals surface area contributed by atoms with E-state index >= 15 is 0 Å². The van der Waals surface area contributed by atoms with Gasteiger partial charge < -0.3 is 19.5 Å². The molecule has 6 heteroatoms. The predicted molar refractivity (Wildman–Crippen MR) is 126 cm³/mol. The fourth-order valence-corrected chi connectivity index (χ4v) is 3.44. The third-order valence-electron chi connectivity index (χ3n) is 5.27. The summed E-state index contributed by atoms with van der Waals surface area (Å²) in [7, 11) is 5.28. The first-order chi connectivity index (χ1) is 15.2. The van der Waals surface area contributed by atoms with Crippen LogP contribution in [0.3, 0.4) is 0 Å². The zero-order valence-corrected chi connectivity index (χ0v) is 20.1. The monoisotopic (exact) mass is 429 g/mol. The van der Waals surface area contributed by atoms with Crippen LogP contribution in [0.15, 0.2) is 18.2 Å². The molecule has 172 valence electrons. The van der Waals surface area contributed by atoms with E-state index in [1.807, 2.05) is 33.0 Å². The van der Waals surface area contributed by atoms with Crippen molar-refractivity contribution in [3.05, 3.63) is 40.8 Å². The molecule has 0 spiro atoms. The van der Waals surface area contributed by atoms with Crippen LogP contribution in [0.4, 0.5) is 0 Å². The topological polar surface area (TPSA) is 65.5 Å². The fourth-order valence-electron chi connectivity index (χ4n) is 3.44. The number of ether oxygens (including phenoxy) is 3. The van der Waals surface area contributed by atoms with Crippen LogP contribution < -0.4 is 19.5 Å². The van der Waals surface area contributed by atoms with Gasteiger partial charge in [0.05, 0.1) is 26.5 Å². The normalized spacial score (nSPS) is 12.7. The molecule has 1 heterocycles. The lowest BCUT2D eigenvalue weighted by atomic mass is 10.1. The highest BCUT2D eigenvalue weighted by atomic mass is 16.5. The maximum Gasteiger partial charge on any atom is 0.220 e. The van der Waals surface area contributed by atoms with Crippen molar-refractivity contribution in [1.29, 1.82) is 0 Å². The number of aryl methyl sites for hydroxylation is 2. The Balaban J connectivity index is 0.00000166. The van der Waals surface area contributed by atoms with Crippen LogP contribution in [-0.2, 0) is 19.3 Å². The highest BCUT2D eigenvalue weighted by molar-refractivity contribution is 5.43. The van der Waals surface area contributed by atoms with Gasteiger partial charge in [0.25, 0.3) is 0 Å². The number of likely N-dealkylation sites (N-methyl/N-ethyl adjacent to an activating group) is 1. The maximum absolute atomic E-state index is 6.18. The maximum atomic E-state index is 6.18. The van der Waals surface area contributed by atoms with Gasteiger partial charge in [-0.15, -0.1) is 0 Å². The Labute approximate surface area is 187 Å². The van der Waals surface area contributed by atoms with Gasteiger partial charge in [0.15, 0.2) is 11.5 Å². The van der Waals surface area contributed by atoms with E-state index in [-0.39, 0.29) is 0 Å². The Morgan fingerprint density at radius 2 is 1.77 bits per heavy atom. The Kier molecular flexibility index (Phi) is 10.6. The van der Waals surface area contributed by atoms with Crippen LogP contribution in [-0.4, -0.2) is 44.4 Å². The first kappa shape index (κ1) is 24.9. The summed E-state index contributed by atoms with van der Waals surface area (Å²) in [6.45, 7) is 7.68. The van der Waals surface area contributed by atoms with Gasteiger partial charge in [-0.25, -0.2) is 4.98 Å². The van der Waals surface area contributed by atoms with Crippen molar-refractivity contribution in [1.82, 2.24) is 15.3 Å². The molecule has 1 aromatic carbocycles. The number of benzene rings is 1. The Hall–Kier alpha value is -2.34. The van der Waals surface area contributed by atoms with Gasteiger partial charge in [0.1, 0.15) is 5.82 Å². The molecule has 0 saturated heterocycles. The van der Waals surface area contributed by atoms with Crippen molar-refractivity contribution in [3.8, 4) is 17.4 Å². The highest BCUT2D eigenvalue weighted by Crippen LogP contribution is 2.39. The van der Waals surface area contributed by atoms with Crippen molar-refractivity contribution in [3.63, 3.8) is 0 Å². The summed E-state index contributed by atoms with van der Waals surface area (Å²) >= 11 is 0. The minimum absolute atomic E-state index is 0.521. The second-order valence-corrected chi connectivity index (χ2v) is 7.43. The zero-order chi connectivity index (χ0) is 22.6. The number of hydrogen-bond donors (Lipinski definition) is 1. The van der Waals surface area contributed by atoms with Gasteiger partial charge in [0.2, 0.25) is 5.88 Å². The van der Waals surface area contributed by atoms with E-state index in [4.69, 9.17) is 24.2 Å². The number of nitrogens with zero attached hydrogens (tertiary/aromatic N) is 2. The molecule has 0 bridgehead atoms. The van der Waals surface area contributed by atoms with E-state index in [9.17, 15) is 0 Å². The number of rotatable bonds is 12. The zero-order valence-electron chi connectivity index (χ0n) is 20.1. The summed E-state index contributed by atoms with van der Waals surface area (Å²) in [6, 6.07) is 6.05. The quantitative estimate of drug-likeness (QED) is 0.492. The Morgan fingerprint density at radius 1 is 1.03 bits per heavy atom. The third-order valence-corrected chi connectivity index (χ3v) is 5.27. The van der Waals surface area contributed by atoms with E-state index in [0.29, 0.717) is 12.5 Å². The molecule has 0 aliphatic heterocycles. The summed E-state index contributed by atoms with van der Waals surface area (Å²) in [6.07, 6.45) is 5.99. The molecule has 1 saturated carbocycles. The van der Waals surface area contributed by atoms with Gasteiger partial charge >= 0.3 is 0 Å². The van der Waals surface area contributed by atoms with E-state index < -0.39 is 0 Å². The predicted octanol–water partition coefficient (Wildman–Crippen LogP) is 4.73. The van der Waals surface area contributed by atoms with Crippen molar-refractivity contribution in [2.45, 2.75) is 65.2 Å². The average Bonchev–Trinajstić information content (AvgIpc) is 3.67. The van der Waals surface area contributed by atoms with E-state index in [0.717, 1.165) is 66.7 Å². The molecular weight excluding hydrogens is 390 g/mol. The molecule has 0 unspecified atom stereocenters. The first-order valence-electron chi connectivity index (χ1n) is 11.6. The average molecular weight is 430 g/mol. The molecule has 0 atom stereocenters. The number of aromatic nitrogens is 2. The van der Waals surface area contributed by atoms with Crippen molar-refractivity contribution >= 4 is 0 Å². The molecule has 3 rings (SSSR count). The molecule has 1 fully saturated rings. The summed E-state index contributed by atoms with van der Waals surface area (Å²) < 4.78 is 16.9. The molecule has 1 aromatic heterocycles. The van der Waals surface area contributed by atoms with Gasteiger partial charge in [-0.05, 0) is 69.8 Å². The van der Waals surface area contributed by atoms with E-state index in [1.165, 1.54) is 18.4 Å². The smallest absolute Gasteiger partial charge is 0.220 e. The molecular formula is C25H39N3O3. The lowest BCUT2D eigenvalue weighted by molar-refractivity contribution is 0.293. The summed E-state index contributed by atoms with van der Waals surface area (Å²) in [4.78, 5) is 9.63. The number of nitrogens with one attached hydrogen (secondary N) is 1. The Morgan fingerprint density at radius 3 is 2.39 bits per heavy atom. The van der Waals surface area contributed by atoms with Gasteiger partial charge in [0, 0.05) is 11.5 Å².